The Bertz CT molecular complexity index is 197. The third kappa shape index (κ3) is 17.1. The van der Waals surface area contributed by atoms with Crippen molar-refractivity contribution in [3.05, 3.63) is 48.6 Å². The monoisotopic (exact) mass is 303 g/mol. The molecule has 0 aromatic rings. The summed E-state index contributed by atoms with van der Waals surface area (Å²) >= 11 is 0. The summed E-state index contributed by atoms with van der Waals surface area (Å²) in [5, 5.41) is 0. The molecule has 0 heterocycles. The molecule has 107 valence electrons. The SMILES string of the molecule is C1=C\CC/C=C\CC/1.C1=C\CC/C=C\CC/1.[C]=O.[Co]. The van der Waals surface area contributed by atoms with Gasteiger partial charge in [-0.15, -0.1) is 0 Å². The van der Waals surface area contributed by atoms with E-state index in [-0.39, 0.29) is 16.8 Å². The van der Waals surface area contributed by atoms with E-state index in [0.29, 0.717) is 0 Å². The summed E-state index contributed by atoms with van der Waals surface area (Å²) in [6.45, 7) is 4.50. The van der Waals surface area contributed by atoms with Crippen molar-refractivity contribution in [3.63, 3.8) is 0 Å². The van der Waals surface area contributed by atoms with E-state index >= 15 is 0 Å². The number of hydrogen-bond donors (Lipinski definition) is 0. The molecule has 2 heteroatoms. The first-order valence-corrected chi connectivity index (χ1v) is 6.80. The second kappa shape index (κ2) is 19.5. The van der Waals surface area contributed by atoms with Crippen molar-refractivity contribution < 1.29 is 21.6 Å². The topological polar surface area (TPSA) is 17.1 Å². The van der Waals surface area contributed by atoms with E-state index in [4.69, 9.17) is 4.79 Å². The first-order valence-electron chi connectivity index (χ1n) is 6.80. The van der Waals surface area contributed by atoms with Crippen molar-refractivity contribution in [3.8, 4) is 0 Å². The second-order valence-electron chi connectivity index (χ2n) is 4.20. The van der Waals surface area contributed by atoms with Gasteiger partial charge in [-0.3, -0.25) is 4.79 Å². The summed E-state index contributed by atoms with van der Waals surface area (Å²) in [6.07, 6.45) is 28.0. The fraction of sp³-hybridized carbons (Fsp3) is 0.471. The predicted molar refractivity (Wildman–Crippen MR) is 79.2 cm³/mol. The normalized spacial score (nSPS) is 23.8. The second-order valence-corrected chi connectivity index (χ2v) is 4.20. The molecule has 0 unspecified atom stereocenters. The minimum atomic E-state index is 0. The Balaban J connectivity index is 0. The Morgan fingerprint density at radius 1 is 0.421 bits per heavy atom. The Morgan fingerprint density at radius 3 is 0.632 bits per heavy atom. The van der Waals surface area contributed by atoms with Crippen LogP contribution in [0.4, 0.5) is 0 Å². The van der Waals surface area contributed by atoms with Crippen LogP contribution in [0.3, 0.4) is 0 Å². The molecular weight excluding hydrogens is 279 g/mol. The van der Waals surface area contributed by atoms with Crippen LogP contribution in [0.25, 0.3) is 0 Å². The largest absolute Gasteiger partial charge is 0.281 e. The van der Waals surface area contributed by atoms with Crippen LogP contribution in [-0.2, 0) is 21.6 Å². The van der Waals surface area contributed by atoms with Crippen molar-refractivity contribution in [2.45, 2.75) is 51.4 Å². The first-order chi connectivity index (χ1) is 9.00. The van der Waals surface area contributed by atoms with Gasteiger partial charge in [-0.05, 0) is 51.4 Å². The predicted octanol–water partition coefficient (Wildman–Crippen LogP) is 4.95. The minimum Gasteiger partial charge on any atom is -0.281 e. The van der Waals surface area contributed by atoms with Crippen LogP contribution in [0, 0.1) is 0 Å². The Morgan fingerprint density at radius 2 is 0.526 bits per heavy atom. The summed E-state index contributed by atoms with van der Waals surface area (Å²) in [6, 6.07) is 0. The summed E-state index contributed by atoms with van der Waals surface area (Å²) in [7, 11) is 0. The van der Waals surface area contributed by atoms with Gasteiger partial charge in [0.05, 0.1) is 0 Å². The molecule has 0 aromatic heterocycles. The quantitative estimate of drug-likeness (QED) is 0.579. The van der Waals surface area contributed by atoms with E-state index in [0.717, 1.165) is 0 Å². The van der Waals surface area contributed by atoms with E-state index in [9.17, 15) is 0 Å². The van der Waals surface area contributed by atoms with Crippen LogP contribution in [-0.4, -0.2) is 6.79 Å². The van der Waals surface area contributed by atoms with Crippen LogP contribution in [0.1, 0.15) is 51.4 Å². The first kappa shape index (κ1) is 20.5. The Kier molecular flexibility index (Phi) is 21.0. The van der Waals surface area contributed by atoms with Crippen molar-refractivity contribution in [1.82, 2.24) is 0 Å². The molecule has 0 amide bonds. The average Bonchev–Trinajstić information content (AvgIpc) is 2.30. The maximum atomic E-state index is 7.50. The van der Waals surface area contributed by atoms with Crippen LogP contribution in [0.15, 0.2) is 48.6 Å². The third-order valence-corrected chi connectivity index (χ3v) is 2.67. The van der Waals surface area contributed by atoms with E-state index in [1.54, 1.807) is 0 Å². The molecule has 0 atom stereocenters. The van der Waals surface area contributed by atoms with Crippen LogP contribution < -0.4 is 0 Å². The zero-order valence-electron chi connectivity index (χ0n) is 11.5. The van der Waals surface area contributed by atoms with Crippen LogP contribution >= 0.6 is 0 Å². The fourth-order valence-electron chi connectivity index (χ4n) is 1.71. The van der Waals surface area contributed by atoms with Gasteiger partial charge in [0.25, 0.3) is 6.79 Å². The molecular formula is C17H24CoO. The molecule has 0 bridgehead atoms. The molecule has 2 aliphatic rings. The zero-order chi connectivity index (χ0) is 13.3. The van der Waals surface area contributed by atoms with Gasteiger partial charge in [-0.2, -0.15) is 0 Å². The van der Waals surface area contributed by atoms with Gasteiger partial charge < -0.3 is 0 Å². The molecule has 2 rings (SSSR count). The van der Waals surface area contributed by atoms with Crippen molar-refractivity contribution in [2.75, 3.05) is 0 Å². The van der Waals surface area contributed by atoms with Gasteiger partial charge >= 0.3 is 0 Å². The molecule has 0 fully saturated rings. The van der Waals surface area contributed by atoms with Crippen molar-refractivity contribution in [1.29, 1.82) is 0 Å². The van der Waals surface area contributed by atoms with E-state index in [2.05, 4.69) is 55.4 Å². The van der Waals surface area contributed by atoms with E-state index in [1.807, 2.05) is 0 Å². The number of carbonyl (C=O) groups excluding carboxylic acids is 1. The van der Waals surface area contributed by atoms with Gasteiger partial charge in [0, 0.05) is 16.8 Å². The zero-order valence-corrected chi connectivity index (χ0v) is 12.6. The molecule has 0 aliphatic heterocycles. The number of hydrogen-bond acceptors (Lipinski definition) is 1. The minimum absolute atomic E-state index is 0. The van der Waals surface area contributed by atoms with Gasteiger partial charge in [0.1, 0.15) is 0 Å². The smallest absolute Gasteiger partial charge is 0.281 e. The molecule has 1 nitrogen and oxygen atoms in total. The summed E-state index contributed by atoms with van der Waals surface area (Å²) in [4.78, 5) is 7.50. The van der Waals surface area contributed by atoms with Gasteiger partial charge in [-0.25, -0.2) is 0 Å². The van der Waals surface area contributed by atoms with Crippen molar-refractivity contribution in [2.24, 2.45) is 0 Å². The maximum Gasteiger partial charge on any atom is 0.281 e. The fourth-order valence-corrected chi connectivity index (χ4v) is 1.71. The standard InChI is InChI=1S/2C8H12.CO.Co/c2*1-2-4-6-8-7-5-3-1;1-2;/h2*1-2,7-8H,3-6H2;;/b2*2-1-,8-7-;;. The maximum absolute atomic E-state index is 7.50. The molecule has 2 aliphatic carbocycles. The summed E-state index contributed by atoms with van der Waals surface area (Å²) < 4.78 is 0. The van der Waals surface area contributed by atoms with Gasteiger partial charge in [-0.1, -0.05) is 48.6 Å². The molecule has 19 heavy (non-hydrogen) atoms. The molecule has 3 radical (unpaired) electrons. The molecule has 0 saturated heterocycles. The molecule has 0 N–H and O–H groups in total. The van der Waals surface area contributed by atoms with E-state index < -0.39 is 0 Å². The molecule has 0 aromatic carbocycles. The number of allylic oxidation sites excluding steroid dienone is 8. The number of rotatable bonds is 0. The van der Waals surface area contributed by atoms with Crippen LogP contribution in [0.2, 0.25) is 0 Å². The summed E-state index contributed by atoms with van der Waals surface area (Å²) in [5.41, 5.74) is 0. The molecule has 0 spiro atoms. The Hall–Kier alpha value is -0.864. The van der Waals surface area contributed by atoms with E-state index in [1.165, 1.54) is 51.4 Å². The Labute approximate surface area is 128 Å². The summed E-state index contributed by atoms with van der Waals surface area (Å²) in [5.74, 6) is 0. The van der Waals surface area contributed by atoms with Gasteiger partial charge in [0.2, 0.25) is 0 Å². The van der Waals surface area contributed by atoms with Crippen LogP contribution in [0.5, 0.6) is 0 Å². The van der Waals surface area contributed by atoms with Crippen molar-refractivity contribution >= 4 is 6.79 Å². The van der Waals surface area contributed by atoms with Gasteiger partial charge in [0.15, 0.2) is 0 Å². The molecule has 0 saturated carbocycles. The average molecular weight is 303 g/mol. The third-order valence-electron chi connectivity index (χ3n) is 2.67.